The van der Waals surface area contributed by atoms with Crippen LogP contribution in [0.4, 0.5) is 0 Å². The maximum absolute atomic E-state index is 7.49. The molecule has 0 fully saturated rings. The van der Waals surface area contributed by atoms with Crippen LogP contribution in [0, 0.1) is 0 Å². The van der Waals surface area contributed by atoms with Crippen LogP contribution in [0.25, 0.3) is 0 Å². The predicted molar refractivity (Wildman–Crippen MR) is 39.1 cm³/mol. The minimum absolute atomic E-state index is 0.0494. The van der Waals surface area contributed by atoms with Crippen molar-refractivity contribution in [2.75, 3.05) is 0 Å². The smallest absolute Gasteiger partial charge is 0.0266 e. The fourth-order valence-electron chi connectivity index (χ4n) is 0.526. The SMILES string of the molecule is [2H]C([2H])([2H])C([2H])([2H])C([2H])([2H])CCCCC. The Hall–Kier alpha value is 0. The first-order chi connectivity index (χ1) is 6.56. The lowest BCUT2D eigenvalue weighted by Gasteiger charge is -1.93. The molecule has 50 valence electrons. The summed E-state index contributed by atoms with van der Waals surface area (Å²) in [6.45, 7) is -0.962. The Morgan fingerprint density at radius 1 is 1.38 bits per heavy atom. The van der Waals surface area contributed by atoms with Gasteiger partial charge in [-0.05, 0) is 0 Å². The summed E-state index contributed by atoms with van der Waals surface area (Å²) in [6.07, 6.45) is -2.93. The fraction of sp³-hybridized carbons (Fsp3) is 1.00. The van der Waals surface area contributed by atoms with Gasteiger partial charge in [0.25, 0.3) is 0 Å². The Labute approximate surface area is 63.1 Å². The molecule has 0 aromatic carbocycles. The molecule has 0 saturated heterocycles. The molecule has 0 unspecified atom stereocenters. The fourth-order valence-corrected chi connectivity index (χ4v) is 0.526. The van der Waals surface area contributed by atoms with Crippen molar-refractivity contribution in [3.8, 4) is 0 Å². The molecule has 0 spiro atoms. The maximum Gasteiger partial charge on any atom is 0.0266 e. The Kier molecular flexibility index (Phi) is 1.75. The summed E-state index contributed by atoms with van der Waals surface area (Å²) in [4.78, 5) is 0. The molecule has 0 bridgehead atoms. The van der Waals surface area contributed by atoms with Crippen LogP contribution in [0.15, 0.2) is 0 Å². The van der Waals surface area contributed by atoms with E-state index >= 15 is 0 Å². The zero-order valence-electron chi connectivity index (χ0n) is 12.3. The normalized spacial score (nSPS) is 27.9. The first-order valence-electron chi connectivity index (χ1n) is 6.56. The van der Waals surface area contributed by atoms with Gasteiger partial charge in [0.1, 0.15) is 0 Å². The van der Waals surface area contributed by atoms with Crippen molar-refractivity contribution in [3.05, 3.63) is 0 Å². The third-order valence-electron chi connectivity index (χ3n) is 0.994. The highest BCUT2D eigenvalue weighted by Gasteiger charge is 1.83. The molecule has 0 heteroatoms. The average Bonchev–Trinajstić information content (AvgIpc) is 2.02. The van der Waals surface area contributed by atoms with E-state index in [0.717, 1.165) is 12.8 Å². The lowest BCUT2D eigenvalue weighted by Crippen LogP contribution is -1.73. The monoisotopic (exact) mass is 121 g/mol. The van der Waals surface area contributed by atoms with Gasteiger partial charge in [0.2, 0.25) is 0 Å². The van der Waals surface area contributed by atoms with Crippen molar-refractivity contribution in [3.63, 3.8) is 0 Å². The summed E-state index contributed by atoms with van der Waals surface area (Å²) in [5.74, 6) is 0. The van der Waals surface area contributed by atoms with E-state index in [1.54, 1.807) is 0 Å². The van der Waals surface area contributed by atoms with Crippen LogP contribution in [-0.4, -0.2) is 0 Å². The maximum atomic E-state index is 7.49. The van der Waals surface area contributed by atoms with Crippen LogP contribution in [0.3, 0.4) is 0 Å². The topological polar surface area (TPSA) is 0 Å². The average molecular weight is 121 g/mol. The quantitative estimate of drug-likeness (QED) is 0.489. The summed E-state index contributed by atoms with van der Waals surface area (Å²) in [6, 6.07) is 0. The second-order valence-electron chi connectivity index (χ2n) is 1.76. The van der Waals surface area contributed by atoms with Gasteiger partial charge in [0, 0.05) is 9.60 Å². The van der Waals surface area contributed by atoms with Gasteiger partial charge in [0.05, 0.1) is 0 Å². The first-order valence-corrected chi connectivity index (χ1v) is 3.06. The predicted octanol–water partition coefficient (Wildman–Crippen LogP) is 3.37. The summed E-state index contributed by atoms with van der Waals surface area (Å²) < 4.78 is 50.6. The van der Waals surface area contributed by atoms with Crippen LogP contribution in [-0.2, 0) is 0 Å². The summed E-state index contributed by atoms with van der Waals surface area (Å²) in [5, 5.41) is 0. The zero-order valence-corrected chi connectivity index (χ0v) is 5.33. The molecule has 0 aliphatic rings. The van der Waals surface area contributed by atoms with Crippen LogP contribution in [0.5, 0.6) is 0 Å². The number of hydrogen-bond acceptors (Lipinski definition) is 0. The molecular formula is C8H18. The Morgan fingerprint density at radius 2 is 2.25 bits per heavy atom. The lowest BCUT2D eigenvalue weighted by molar-refractivity contribution is 0.624. The molecule has 0 aromatic rings. The molecule has 0 amide bonds. The minimum atomic E-state index is -2.91. The van der Waals surface area contributed by atoms with Gasteiger partial charge in [-0.1, -0.05) is 52.2 Å². The highest BCUT2D eigenvalue weighted by atomic mass is 13.9. The number of unbranched alkanes of at least 4 members (excludes halogenated alkanes) is 2. The Morgan fingerprint density at radius 3 is 2.88 bits per heavy atom. The third-order valence-corrected chi connectivity index (χ3v) is 0.994. The second-order valence-corrected chi connectivity index (χ2v) is 1.76. The van der Waals surface area contributed by atoms with Gasteiger partial charge in [-0.25, -0.2) is 0 Å². The van der Waals surface area contributed by atoms with Crippen molar-refractivity contribution in [2.24, 2.45) is 0 Å². The van der Waals surface area contributed by atoms with Crippen molar-refractivity contribution in [1.82, 2.24) is 0 Å². The summed E-state index contributed by atoms with van der Waals surface area (Å²) >= 11 is 0. The molecule has 0 heterocycles. The zero-order chi connectivity index (χ0) is 12.3. The molecule has 0 saturated carbocycles. The van der Waals surface area contributed by atoms with E-state index in [-0.39, 0.29) is 6.42 Å². The van der Waals surface area contributed by atoms with Gasteiger partial charge in [0.15, 0.2) is 0 Å². The van der Waals surface area contributed by atoms with Gasteiger partial charge in [-0.2, -0.15) is 0 Å². The van der Waals surface area contributed by atoms with E-state index in [1.165, 1.54) is 0 Å². The number of hydrogen-bond donors (Lipinski definition) is 0. The first kappa shape index (κ1) is 2.00. The Balaban J connectivity index is 4.56. The van der Waals surface area contributed by atoms with Crippen LogP contribution in [0.1, 0.15) is 61.8 Å². The highest BCUT2D eigenvalue weighted by Crippen LogP contribution is 2.03. The molecule has 0 rings (SSSR count). The standard InChI is InChI=1S/C8H18/c1-3-5-7-8-6-4-2/h3-8H2,1-2H3/i1D3,3D2,5D2. The van der Waals surface area contributed by atoms with Crippen molar-refractivity contribution in [1.29, 1.82) is 0 Å². The van der Waals surface area contributed by atoms with Crippen LogP contribution >= 0.6 is 0 Å². The molecule has 0 aliphatic heterocycles. The molecule has 0 N–H and O–H groups in total. The summed E-state index contributed by atoms with van der Waals surface area (Å²) in [5.41, 5.74) is 0. The van der Waals surface area contributed by atoms with Crippen molar-refractivity contribution >= 4 is 0 Å². The molecule has 0 nitrogen and oxygen atoms in total. The van der Waals surface area contributed by atoms with Gasteiger partial charge in [-0.15, -0.1) is 0 Å². The molecular weight excluding hydrogens is 96.1 g/mol. The van der Waals surface area contributed by atoms with Gasteiger partial charge < -0.3 is 0 Å². The highest BCUT2D eigenvalue weighted by molar-refractivity contribution is 4.39. The van der Waals surface area contributed by atoms with Crippen LogP contribution < -0.4 is 0 Å². The third kappa shape index (κ3) is 6.00. The van der Waals surface area contributed by atoms with E-state index in [0.29, 0.717) is 6.42 Å². The molecule has 0 radical (unpaired) electrons. The Bertz CT molecular complexity index is 194. The van der Waals surface area contributed by atoms with Gasteiger partial charge >= 0.3 is 0 Å². The lowest BCUT2D eigenvalue weighted by atomic mass is 10.1. The second kappa shape index (κ2) is 7.00. The molecule has 0 aromatic heterocycles. The summed E-state index contributed by atoms with van der Waals surface area (Å²) in [7, 11) is 0. The van der Waals surface area contributed by atoms with E-state index in [9.17, 15) is 0 Å². The molecule has 0 aliphatic carbocycles. The number of rotatable bonds is 5. The van der Waals surface area contributed by atoms with E-state index in [4.69, 9.17) is 9.60 Å². The van der Waals surface area contributed by atoms with Gasteiger partial charge in [-0.3, -0.25) is 0 Å². The largest absolute Gasteiger partial charge is 0.0654 e. The van der Waals surface area contributed by atoms with Crippen LogP contribution in [0.2, 0.25) is 0 Å². The van der Waals surface area contributed by atoms with E-state index < -0.39 is 19.6 Å². The molecule has 0 atom stereocenters. The molecule has 8 heavy (non-hydrogen) atoms. The van der Waals surface area contributed by atoms with Crippen molar-refractivity contribution in [2.45, 2.75) is 52.2 Å². The van der Waals surface area contributed by atoms with E-state index in [2.05, 4.69) is 0 Å². The van der Waals surface area contributed by atoms with E-state index in [1.807, 2.05) is 6.92 Å². The van der Waals surface area contributed by atoms with Crippen molar-refractivity contribution < 1.29 is 9.60 Å². The minimum Gasteiger partial charge on any atom is -0.0654 e.